The molecule has 5 nitrogen and oxygen atoms in total. The van der Waals surface area contributed by atoms with Gasteiger partial charge in [-0.25, -0.2) is 0 Å². The number of aliphatic hydroxyl groups is 1. The fourth-order valence-corrected chi connectivity index (χ4v) is 4.08. The van der Waals surface area contributed by atoms with Gasteiger partial charge in [-0.15, -0.1) is 0 Å². The normalized spacial score (nSPS) is 24.3. The number of aliphatic hydroxyl groups excluding tert-OH is 1. The Hall–Kier alpha value is -1.88. The Morgan fingerprint density at radius 3 is 2.40 bits per heavy atom. The summed E-state index contributed by atoms with van der Waals surface area (Å²) in [6.45, 7) is 1.90. The Morgan fingerprint density at radius 1 is 1.12 bits per heavy atom. The van der Waals surface area contributed by atoms with Crippen molar-refractivity contribution in [2.45, 2.75) is 38.2 Å². The summed E-state index contributed by atoms with van der Waals surface area (Å²) in [5.74, 6) is 0.414. The van der Waals surface area contributed by atoms with E-state index < -0.39 is 0 Å². The van der Waals surface area contributed by atoms with Gasteiger partial charge in [-0.05, 0) is 37.8 Å². The van der Waals surface area contributed by atoms with Crippen LogP contribution in [0.3, 0.4) is 0 Å². The number of nitrogens with zero attached hydrogens (tertiary/aromatic N) is 2. The number of likely N-dealkylation sites (tertiary alicyclic amines) is 1. The van der Waals surface area contributed by atoms with Gasteiger partial charge >= 0.3 is 0 Å². The average molecular weight is 344 g/mol. The van der Waals surface area contributed by atoms with E-state index in [9.17, 15) is 14.7 Å². The second kappa shape index (κ2) is 8.00. The minimum absolute atomic E-state index is 0.0108. The zero-order valence-electron chi connectivity index (χ0n) is 14.9. The lowest BCUT2D eigenvalue weighted by molar-refractivity contribution is -0.136. The lowest BCUT2D eigenvalue weighted by Crippen LogP contribution is -2.44. The molecule has 2 atom stereocenters. The maximum absolute atomic E-state index is 12.7. The van der Waals surface area contributed by atoms with Crippen LogP contribution in [0.2, 0.25) is 0 Å². The van der Waals surface area contributed by atoms with Crippen molar-refractivity contribution in [3.8, 4) is 0 Å². The highest BCUT2D eigenvalue weighted by Crippen LogP contribution is 2.27. The Morgan fingerprint density at radius 2 is 1.80 bits per heavy atom. The van der Waals surface area contributed by atoms with E-state index >= 15 is 0 Å². The quantitative estimate of drug-likeness (QED) is 0.910. The number of hydrogen-bond acceptors (Lipinski definition) is 3. The topological polar surface area (TPSA) is 60.9 Å². The van der Waals surface area contributed by atoms with Crippen molar-refractivity contribution in [2.75, 3.05) is 26.7 Å². The summed E-state index contributed by atoms with van der Waals surface area (Å²) in [6, 6.07) is 9.31. The predicted molar refractivity (Wildman–Crippen MR) is 96.1 cm³/mol. The first kappa shape index (κ1) is 17.9. The number of amides is 2. The van der Waals surface area contributed by atoms with Crippen LogP contribution < -0.4 is 0 Å². The molecule has 0 aromatic heterocycles. The van der Waals surface area contributed by atoms with Gasteiger partial charge in [0.25, 0.3) is 5.91 Å². The van der Waals surface area contributed by atoms with Crippen LogP contribution >= 0.6 is 0 Å². The Kier molecular flexibility index (Phi) is 5.74. The summed E-state index contributed by atoms with van der Waals surface area (Å²) in [7, 11) is 1.84. The molecule has 1 aromatic rings. The Bertz CT molecular complexity index is 596. The fraction of sp³-hybridized carbons (Fsp3) is 0.600. The Labute approximate surface area is 149 Å². The lowest BCUT2D eigenvalue weighted by Gasteiger charge is -2.34. The van der Waals surface area contributed by atoms with E-state index in [4.69, 9.17) is 0 Å². The predicted octanol–water partition coefficient (Wildman–Crippen LogP) is 2.16. The number of rotatable bonds is 4. The molecule has 0 radical (unpaired) electrons. The van der Waals surface area contributed by atoms with Crippen molar-refractivity contribution >= 4 is 11.8 Å². The summed E-state index contributed by atoms with van der Waals surface area (Å²) in [6.07, 6.45) is 4.08. The molecule has 0 spiro atoms. The van der Waals surface area contributed by atoms with Crippen molar-refractivity contribution in [3.05, 3.63) is 35.9 Å². The molecule has 2 fully saturated rings. The molecule has 1 aliphatic carbocycles. The molecule has 1 aliphatic heterocycles. The number of hydrogen-bond donors (Lipinski definition) is 1. The number of piperidine rings is 1. The van der Waals surface area contributed by atoms with Gasteiger partial charge in [0.15, 0.2) is 0 Å². The molecule has 3 rings (SSSR count). The molecule has 136 valence electrons. The number of carbonyl (C=O) groups is 2. The summed E-state index contributed by atoms with van der Waals surface area (Å²) >= 11 is 0. The van der Waals surface area contributed by atoms with Crippen molar-refractivity contribution in [1.29, 1.82) is 0 Å². The van der Waals surface area contributed by atoms with Crippen molar-refractivity contribution in [2.24, 2.45) is 11.8 Å². The van der Waals surface area contributed by atoms with Gasteiger partial charge in [-0.2, -0.15) is 0 Å². The highest BCUT2D eigenvalue weighted by atomic mass is 16.3. The average Bonchev–Trinajstić information content (AvgIpc) is 3.06. The van der Waals surface area contributed by atoms with Crippen molar-refractivity contribution in [1.82, 2.24) is 9.80 Å². The summed E-state index contributed by atoms with van der Waals surface area (Å²) in [4.78, 5) is 28.8. The first-order valence-electron chi connectivity index (χ1n) is 9.33. The van der Waals surface area contributed by atoms with E-state index in [1.54, 1.807) is 4.90 Å². The molecular weight excluding hydrogens is 316 g/mol. The van der Waals surface area contributed by atoms with E-state index in [-0.39, 0.29) is 29.8 Å². The maximum Gasteiger partial charge on any atom is 0.253 e. The van der Waals surface area contributed by atoms with Gasteiger partial charge in [-0.3, -0.25) is 9.59 Å². The minimum Gasteiger partial charge on any atom is -0.393 e. The zero-order chi connectivity index (χ0) is 17.8. The number of benzene rings is 1. The van der Waals surface area contributed by atoms with E-state index in [2.05, 4.69) is 0 Å². The van der Waals surface area contributed by atoms with E-state index in [1.165, 1.54) is 0 Å². The monoisotopic (exact) mass is 344 g/mol. The Balaban J connectivity index is 1.49. The second-order valence-electron chi connectivity index (χ2n) is 7.41. The summed E-state index contributed by atoms with van der Waals surface area (Å²) in [5.41, 5.74) is 0.708. The largest absolute Gasteiger partial charge is 0.393 e. The first-order chi connectivity index (χ1) is 12.1. The van der Waals surface area contributed by atoms with Gasteiger partial charge in [-0.1, -0.05) is 24.6 Å². The molecule has 0 bridgehead atoms. The highest BCUT2D eigenvalue weighted by Gasteiger charge is 2.32. The van der Waals surface area contributed by atoms with E-state index in [1.807, 2.05) is 42.3 Å². The summed E-state index contributed by atoms with van der Waals surface area (Å²) < 4.78 is 0. The van der Waals surface area contributed by atoms with Crippen LogP contribution in [0.4, 0.5) is 0 Å². The van der Waals surface area contributed by atoms with Gasteiger partial charge in [0.05, 0.1) is 6.10 Å². The zero-order valence-corrected chi connectivity index (χ0v) is 14.9. The fourth-order valence-electron chi connectivity index (χ4n) is 4.08. The first-order valence-corrected chi connectivity index (χ1v) is 9.33. The SMILES string of the molecule is CN(CC1CCCC1O)C(=O)C1CCN(C(=O)c2ccccc2)CC1. The van der Waals surface area contributed by atoms with Gasteiger partial charge in [0.1, 0.15) is 0 Å². The smallest absolute Gasteiger partial charge is 0.253 e. The van der Waals surface area contributed by atoms with E-state index in [0.29, 0.717) is 25.2 Å². The van der Waals surface area contributed by atoms with Crippen LogP contribution in [-0.2, 0) is 4.79 Å². The third kappa shape index (κ3) is 4.21. The molecule has 2 amide bonds. The third-order valence-electron chi connectivity index (χ3n) is 5.66. The van der Waals surface area contributed by atoms with Gasteiger partial charge in [0.2, 0.25) is 5.91 Å². The molecular formula is C20H28N2O3. The van der Waals surface area contributed by atoms with Crippen molar-refractivity contribution < 1.29 is 14.7 Å². The van der Waals surface area contributed by atoms with Crippen molar-refractivity contribution in [3.63, 3.8) is 0 Å². The molecule has 1 aromatic carbocycles. The van der Waals surface area contributed by atoms with Crippen LogP contribution in [0.5, 0.6) is 0 Å². The lowest BCUT2D eigenvalue weighted by atomic mass is 9.94. The molecule has 1 heterocycles. The van der Waals surface area contributed by atoms with Crippen LogP contribution in [0.1, 0.15) is 42.5 Å². The van der Waals surface area contributed by atoms with Crippen LogP contribution in [-0.4, -0.2) is 59.5 Å². The van der Waals surface area contributed by atoms with Gasteiger partial charge in [0, 0.05) is 44.1 Å². The van der Waals surface area contributed by atoms with E-state index in [0.717, 1.165) is 32.1 Å². The maximum atomic E-state index is 12.7. The number of carbonyl (C=O) groups excluding carboxylic acids is 2. The second-order valence-corrected chi connectivity index (χ2v) is 7.41. The molecule has 25 heavy (non-hydrogen) atoms. The van der Waals surface area contributed by atoms with Gasteiger partial charge < -0.3 is 14.9 Å². The highest BCUT2D eigenvalue weighted by molar-refractivity contribution is 5.94. The minimum atomic E-state index is -0.263. The van der Waals surface area contributed by atoms with Crippen LogP contribution in [0.25, 0.3) is 0 Å². The standard InChI is InChI=1S/C20H28N2O3/c1-21(14-17-8-5-9-18(17)23)19(24)16-10-12-22(13-11-16)20(25)15-6-3-2-4-7-15/h2-4,6-7,16-18,23H,5,8-14H2,1H3. The molecule has 1 N–H and O–H groups in total. The summed E-state index contributed by atoms with van der Waals surface area (Å²) in [5, 5.41) is 9.95. The third-order valence-corrected chi connectivity index (χ3v) is 5.66. The molecule has 5 heteroatoms. The van der Waals surface area contributed by atoms with Crippen LogP contribution in [0, 0.1) is 11.8 Å². The molecule has 1 saturated carbocycles. The molecule has 1 saturated heterocycles. The van der Waals surface area contributed by atoms with Crippen LogP contribution in [0.15, 0.2) is 30.3 Å². The molecule has 2 aliphatic rings. The molecule has 2 unspecified atom stereocenters.